The van der Waals surface area contributed by atoms with Crippen molar-refractivity contribution >= 4 is 23.1 Å². The first-order valence-electron chi connectivity index (χ1n) is 5.69. The molecule has 1 saturated carbocycles. The summed E-state index contributed by atoms with van der Waals surface area (Å²) < 4.78 is 1.65. The molecule has 1 fully saturated rings. The van der Waals surface area contributed by atoms with Crippen LogP contribution in [-0.2, 0) is 0 Å². The average molecular weight is 253 g/mol. The summed E-state index contributed by atoms with van der Waals surface area (Å²) in [6.07, 6.45) is 7.94. The van der Waals surface area contributed by atoms with E-state index in [0.29, 0.717) is 11.5 Å². The maximum absolute atomic E-state index is 6.10. The van der Waals surface area contributed by atoms with Crippen molar-refractivity contribution in [2.45, 2.75) is 31.2 Å². The van der Waals surface area contributed by atoms with Crippen LogP contribution in [0.25, 0.3) is 5.65 Å². The highest BCUT2D eigenvalue weighted by Gasteiger charge is 2.33. The quantitative estimate of drug-likeness (QED) is 0.838. The molecule has 0 amide bonds. The Morgan fingerprint density at radius 2 is 2.18 bits per heavy atom. The number of nitrogens with one attached hydrogen (secondary N) is 1. The lowest BCUT2D eigenvalue weighted by Crippen LogP contribution is -2.37. The van der Waals surface area contributed by atoms with Crippen molar-refractivity contribution in [2.75, 3.05) is 11.2 Å². The predicted molar refractivity (Wildman–Crippen MR) is 64.1 cm³/mol. The summed E-state index contributed by atoms with van der Waals surface area (Å²) in [7, 11) is 0. The van der Waals surface area contributed by atoms with Crippen LogP contribution in [0.3, 0.4) is 0 Å². The molecule has 0 atom stereocenters. The Morgan fingerprint density at radius 3 is 2.94 bits per heavy atom. The molecule has 17 heavy (non-hydrogen) atoms. The Labute approximate surface area is 103 Å². The van der Waals surface area contributed by atoms with Crippen molar-refractivity contribution in [1.82, 2.24) is 25.0 Å². The van der Waals surface area contributed by atoms with Gasteiger partial charge in [-0.15, -0.1) is 16.7 Å². The number of tetrazole rings is 1. The molecule has 1 aliphatic carbocycles. The number of aromatic nitrogens is 5. The van der Waals surface area contributed by atoms with Crippen molar-refractivity contribution in [3.8, 4) is 0 Å². The number of hydrogen-bond donors (Lipinski definition) is 1. The van der Waals surface area contributed by atoms with Gasteiger partial charge in [-0.3, -0.25) is 4.98 Å². The number of rotatable bonds is 3. The maximum Gasteiger partial charge on any atom is 0.199 e. The van der Waals surface area contributed by atoms with Gasteiger partial charge in [-0.05, 0) is 23.3 Å². The normalized spacial score (nSPS) is 18.6. The van der Waals surface area contributed by atoms with Gasteiger partial charge < -0.3 is 5.32 Å². The number of hydrogen-bond acceptors (Lipinski definition) is 5. The van der Waals surface area contributed by atoms with Gasteiger partial charge in [0.2, 0.25) is 0 Å². The fraction of sp³-hybridized carbons (Fsp3) is 0.600. The fourth-order valence-corrected chi connectivity index (χ4v) is 2.71. The lowest BCUT2D eigenvalue weighted by atomic mass is 10.0. The second-order valence-electron chi connectivity index (χ2n) is 4.49. The van der Waals surface area contributed by atoms with Gasteiger partial charge >= 0.3 is 0 Å². The van der Waals surface area contributed by atoms with Gasteiger partial charge in [0.1, 0.15) is 0 Å². The minimum Gasteiger partial charge on any atom is -0.362 e. The molecule has 0 unspecified atom stereocenters. The lowest BCUT2D eigenvalue weighted by molar-refractivity contribution is 0.534. The molecule has 2 aromatic rings. The zero-order valence-electron chi connectivity index (χ0n) is 9.30. The Hall–Kier alpha value is -1.43. The predicted octanol–water partition coefficient (Wildman–Crippen LogP) is 1.48. The Kier molecular flexibility index (Phi) is 2.58. The smallest absolute Gasteiger partial charge is 0.199 e. The Bertz CT molecular complexity index is 518. The molecule has 1 N–H and O–H groups in total. The Morgan fingerprint density at radius 1 is 1.35 bits per heavy atom. The van der Waals surface area contributed by atoms with E-state index >= 15 is 0 Å². The van der Waals surface area contributed by atoms with Crippen LogP contribution in [-0.4, -0.2) is 36.4 Å². The van der Waals surface area contributed by atoms with E-state index in [-0.39, 0.29) is 5.54 Å². The number of anilines is 1. The van der Waals surface area contributed by atoms with E-state index in [9.17, 15) is 0 Å². The van der Waals surface area contributed by atoms with Crippen LogP contribution < -0.4 is 5.32 Å². The van der Waals surface area contributed by atoms with Crippen molar-refractivity contribution in [3.63, 3.8) is 0 Å². The molecule has 1 aliphatic rings. The van der Waals surface area contributed by atoms with Gasteiger partial charge in [-0.2, -0.15) is 4.52 Å². The second kappa shape index (κ2) is 4.10. The second-order valence-corrected chi connectivity index (χ2v) is 4.75. The molecular weight excluding hydrogens is 240 g/mol. The number of nitrogens with zero attached hydrogens (tertiary/aromatic N) is 5. The van der Waals surface area contributed by atoms with E-state index in [0.717, 1.165) is 18.7 Å². The minimum absolute atomic E-state index is 0.0382. The van der Waals surface area contributed by atoms with E-state index in [1.807, 2.05) is 0 Å². The van der Waals surface area contributed by atoms with Crippen molar-refractivity contribution in [1.29, 1.82) is 0 Å². The number of alkyl halides is 1. The van der Waals surface area contributed by atoms with E-state index < -0.39 is 0 Å². The summed E-state index contributed by atoms with van der Waals surface area (Å²) in [5, 5.41) is 14.9. The number of fused-ring (bicyclic) bond motifs is 1. The van der Waals surface area contributed by atoms with Gasteiger partial charge in [0.25, 0.3) is 0 Å². The molecule has 2 aromatic heterocycles. The molecule has 0 radical (unpaired) electrons. The van der Waals surface area contributed by atoms with Crippen molar-refractivity contribution in [3.05, 3.63) is 12.4 Å². The van der Waals surface area contributed by atoms with Gasteiger partial charge in [-0.1, -0.05) is 12.8 Å². The van der Waals surface area contributed by atoms with E-state index in [1.54, 1.807) is 16.9 Å². The third-order valence-electron chi connectivity index (χ3n) is 3.32. The molecular formula is C10H13ClN6. The van der Waals surface area contributed by atoms with Crippen LogP contribution in [0, 0.1) is 0 Å². The first kappa shape index (κ1) is 10.7. The van der Waals surface area contributed by atoms with E-state index in [2.05, 4.69) is 25.8 Å². The Balaban J connectivity index is 1.96. The third kappa shape index (κ3) is 1.82. The van der Waals surface area contributed by atoms with Crippen molar-refractivity contribution < 1.29 is 0 Å². The zero-order chi connectivity index (χ0) is 11.7. The van der Waals surface area contributed by atoms with Crippen LogP contribution in [0.2, 0.25) is 0 Å². The van der Waals surface area contributed by atoms with Gasteiger partial charge in [0.05, 0.1) is 17.9 Å². The third-order valence-corrected chi connectivity index (χ3v) is 3.83. The molecule has 0 aromatic carbocycles. The van der Waals surface area contributed by atoms with Crippen LogP contribution in [0.5, 0.6) is 0 Å². The molecule has 3 rings (SSSR count). The molecule has 90 valence electrons. The van der Waals surface area contributed by atoms with Crippen LogP contribution >= 0.6 is 11.6 Å². The first-order valence-corrected chi connectivity index (χ1v) is 6.23. The summed E-state index contributed by atoms with van der Waals surface area (Å²) in [6.45, 7) is 0. The zero-order valence-corrected chi connectivity index (χ0v) is 10.1. The topological polar surface area (TPSA) is 68.0 Å². The molecule has 0 saturated heterocycles. The van der Waals surface area contributed by atoms with Gasteiger partial charge in [0.15, 0.2) is 11.5 Å². The van der Waals surface area contributed by atoms with Crippen LogP contribution in [0.15, 0.2) is 12.4 Å². The van der Waals surface area contributed by atoms with Crippen molar-refractivity contribution in [2.24, 2.45) is 0 Å². The molecule has 6 nitrogen and oxygen atoms in total. The monoisotopic (exact) mass is 252 g/mol. The van der Waals surface area contributed by atoms with Gasteiger partial charge in [0, 0.05) is 5.88 Å². The standard InChI is InChI=1S/C10H13ClN6/c11-7-10(3-1-2-4-10)13-8-5-12-6-9-14-15-16-17(8)9/h5-6,13H,1-4,7H2. The summed E-state index contributed by atoms with van der Waals surface area (Å²) in [5.41, 5.74) is 0.599. The summed E-state index contributed by atoms with van der Waals surface area (Å²) >= 11 is 6.10. The highest BCUT2D eigenvalue weighted by atomic mass is 35.5. The fourth-order valence-electron chi connectivity index (χ4n) is 2.38. The largest absolute Gasteiger partial charge is 0.362 e. The minimum atomic E-state index is -0.0382. The molecule has 7 heteroatoms. The molecule has 0 spiro atoms. The molecule has 0 aliphatic heterocycles. The van der Waals surface area contributed by atoms with E-state index in [1.165, 1.54) is 12.8 Å². The average Bonchev–Trinajstić information content (AvgIpc) is 2.98. The SMILES string of the molecule is ClCC1(Nc2cncc3nnnn23)CCCC1. The maximum atomic E-state index is 6.10. The molecule has 2 heterocycles. The summed E-state index contributed by atoms with van der Waals surface area (Å²) in [6, 6.07) is 0. The molecule has 0 bridgehead atoms. The van der Waals surface area contributed by atoms with Gasteiger partial charge in [-0.25, -0.2) is 0 Å². The first-order chi connectivity index (χ1) is 8.33. The van der Waals surface area contributed by atoms with E-state index in [4.69, 9.17) is 11.6 Å². The summed E-state index contributed by atoms with van der Waals surface area (Å²) in [5.74, 6) is 1.39. The summed E-state index contributed by atoms with van der Waals surface area (Å²) in [4.78, 5) is 4.12. The lowest BCUT2D eigenvalue weighted by Gasteiger charge is -2.28. The van der Waals surface area contributed by atoms with Crippen LogP contribution in [0.1, 0.15) is 25.7 Å². The highest BCUT2D eigenvalue weighted by Crippen LogP contribution is 2.33. The van der Waals surface area contributed by atoms with Crippen LogP contribution in [0.4, 0.5) is 5.82 Å². The highest BCUT2D eigenvalue weighted by molar-refractivity contribution is 6.18. The number of halogens is 1.